The number of nitrogens with zero attached hydrogens (tertiary/aromatic N) is 5. The van der Waals surface area contributed by atoms with Gasteiger partial charge in [0.25, 0.3) is 5.56 Å². The quantitative estimate of drug-likeness (QED) is 0.371. The Kier molecular flexibility index (Phi) is 6.99. The minimum Gasteiger partial charge on any atom is -0.339 e. The SMILES string of the molecule is Cc1ccc(SCC(=O)N2CCN(Cc3cc(=O)n4nc(-c5cccc(C)c5)sc4n3)CC2)cc1. The van der Waals surface area contributed by atoms with Crippen LogP contribution in [-0.2, 0) is 11.3 Å². The second kappa shape index (κ2) is 10.3. The molecule has 5 rings (SSSR count). The standard InChI is InChI=1S/C26H27N5O2S2/c1-18-6-8-22(9-7-18)34-17-24(33)30-12-10-29(11-13-30)16-21-15-23(32)31-26(27-21)35-25(28-31)20-5-3-4-19(2)14-20/h3-9,14-15H,10-13,16-17H2,1-2H3. The van der Waals surface area contributed by atoms with Gasteiger partial charge in [-0.1, -0.05) is 52.8 Å². The van der Waals surface area contributed by atoms with E-state index in [-0.39, 0.29) is 11.5 Å². The number of benzene rings is 2. The molecule has 0 spiro atoms. The Labute approximate surface area is 212 Å². The highest BCUT2D eigenvalue weighted by molar-refractivity contribution is 8.00. The molecule has 0 aliphatic carbocycles. The van der Waals surface area contributed by atoms with Crippen molar-refractivity contribution in [1.29, 1.82) is 0 Å². The number of hydrogen-bond acceptors (Lipinski definition) is 7. The molecule has 7 nitrogen and oxygen atoms in total. The van der Waals surface area contributed by atoms with Crippen LogP contribution in [0, 0.1) is 13.8 Å². The number of aryl methyl sites for hydroxylation is 2. The molecular formula is C26H27N5O2S2. The summed E-state index contributed by atoms with van der Waals surface area (Å²) in [5.41, 5.74) is 3.93. The molecular weight excluding hydrogens is 478 g/mol. The molecule has 1 amide bonds. The molecule has 2 aromatic heterocycles. The first-order valence-corrected chi connectivity index (χ1v) is 13.4. The van der Waals surface area contributed by atoms with Crippen LogP contribution >= 0.6 is 23.1 Å². The zero-order valence-corrected chi connectivity index (χ0v) is 21.4. The number of amides is 1. The second-order valence-corrected chi connectivity index (χ2v) is 10.8. The van der Waals surface area contributed by atoms with Crippen LogP contribution in [0.4, 0.5) is 0 Å². The van der Waals surface area contributed by atoms with Gasteiger partial charge < -0.3 is 4.90 Å². The van der Waals surface area contributed by atoms with Gasteiger partial charge in [0.15, 0.2) is 0 Å². The van der Waals surface area contributed by atoms with E-state index in [0.29, 0.717) is 30.3 Å². The molecule has 1 aliphatic heterocycles. The predicted molar refractivity (Wildman–Crippen MR) is 141 cm³/mol. The lowest BCUT2D eigenvalue weighted by atomic mass is 10.1. The van der Waals surface area contributed by atoms with Crippen molar-refractivity contribution < 1.29 is 4.79 Å². The first-order chi connectivity index (χ1) is 16.9. The number of carbonyl (C=O) groups excluding carboxylic acids is 1. The highest BCUT2D eigenvalue weighted by Crippen LogP contribution is 2.25. The first-order valence-electron chi connectivity index (χ1n) is 11.6. The maximum absolute atomic E-state index is 12.7. The van der Waals surface area contributed by atoms with Gasteiger partial charge in [0, 0.05) is 49.2 Å². The molecule has 1 aliphatic rings. The van der Waals surface area contributed by atoms with E-state index in [9.17, 15) is 9.59 Å². The van der Waals surface area contributed by atoms with E-state index in [4.69, 9.17) is 4.98 Å². The van der Waals surface area contributed by atoms with Crippen molar-refractivity contribution in [2.24, 2.45) is 0 Å². The average Bonchev–Trinajstić information content (AvgIpc) is 3.29. The Morgan fingerprint density at radius 1 is 1.00 bits per heavy atom. The third-order valence-corrected chi connectivity index (χ3v) is 8.01. The van der Waals surface area contributed by atoms with Crippen LogP contribution in [-0.4, -0.2) is 62.2 Å². The number of rotatable bonds is 6. The Hall–Kier alpha value is -3.01. The zero-order chi connectivity index (χ0) is 24.4. The molecule has 35 heavy (non-hydrogen) atoms. The molecule has 0 saturated carbocycles. The summed E-state index contributed by atoms with van der Waals surface area (Å²) in [6, 6.07) is 17.9. The van der Waals surface area contributed by atoms with E-state index in [1.165, 1.54) is 21.4 Å². The molecule has 9 heteroatoms. The number of hydrogen-bond donors (Lipinski definition) is 0. The minimum absolute atomic E-state index is 0.165. The summed E-state index contributed by atoms with van der Waals surface area (Å²) in [4.78, 5) is 36.0. The largest absolute Gasteiger partial charge is 0.339 e. The molecule has 0 unspecified atom stereocenters. The summed E-state index contributed by atoms with van der Waals surface area (Å²) in [5, 5.41) is 5.27. The van der Waals surface area contributed by atoms with Crippen molar-refractivity contribution in [3.63, 3.8) is 0 Å². The van der Waals surface area contributed by atoms with Gasteiger partial charge in [0.2, 0.25) is 10.9 Å². The lowest BCUT2D eigenvalue weighted by Crippen LogP contribution is -2.49. The van der Waals surface area contributed by atoms with Gasteiger partial charge in [-0.15, -0.1) is 11.8 Å². The van der Waals surface area contributed by atoms with Crippen molar-refractivity contribution in [3.8, 4) is 10.6 Å². The van der Waals surface area contributed by atoms with E-state index < -0.39 is 0 Å². The lowest BCUT2D eigenvalue weighted by Gasteiger charge is -2.34. The third kappa shape index (κ3) is 5.63. The van der Waals surface area contributed by atoms with Crippen LogP contribution in [0.15, 0.2) is 64.3 Å². The number of fused-ring (bicyclic) bond motifs is 1. The number of piperazine rings is 1. The summed E-state index contributed by atoms with van der Waals surface area (Å²) in [5.74, 6) is 0.619. The highest BCUT2D eigenvalue weighted by Gasteiger charge is 2.22. The molecule has 180 valence electrons. The van der Waals surface area contributed by atoms with Crippen LogP contribution < -0.4 is 5.56 Å². The van der Waals surface area contributed by atoms with Gasteiger partial charge in [-0.05, 0) is 32.0 Å². The smallest absolute Gasteiger partial charge is 0.275 e. The normalized spacial score (nSPS) is 14.5. The van der Waals surface area contributed by atoms with E-state index in [1.807, 2.05) is 30.0 Å². The third-order valence-electron chi connectivity index (χ3n) is 6.06. The molecule has 0 radical (unpaired) electrons. The minimum atomic E-state index is -0.165. The van der Waals surface area contributed by atoms with Gasteiger partial charge in [-0.3, -0.25) is 14.5 Å². The van der Waals surface area contributed by atoms with E-state index >= 15 is 0 Å². The van der Waals surface area contributed by atoms with Gasteiger partial charge >= 0.3 is 0 Å². The molecule has 0 atom stereocenters. The highest BCUT2D eigenvalue weighted by atomic mass is 32.2. The fourth-order valence-electron chi connectivity index (χ4n) is 4.09. The van der Waals surface area contributed by atoms with E-state index in [2.05, 4.69) is 47.3 Å². The molecule has 0 bridgehead atoms. The van der Waals surface area contributed by atoms with Crippen LogP contribution in [0.3, 0.4) is 0 Å². The predicted octanol–water partition coefficient (Wildman–Crippen LogP) is 3.87. The molecule has 3 heterocycles. The maximum Gasteiger partial charge on any atom is 0.275 e. The number of carbonyl (C=O) groups is 1. The number of aromatic nitrogens is 3. The summed E-state index contributed by atoms with van der Waals surface area (Å²) < 4.78 is 1.38. The van der Waals surface area contributed by atoms with Gasteiger partial charge in [0.05, 0.1) is 11.4 Å². The van der Waals surface area contributed by atoms with Gasteiger partial charge in [-0.2, -0.15) is 9.61 Å². The van der Waals surface area contributed by atoms with Crippen molar-refractivity contribution >= 4 is 34.0 Å². The average molecular weight is 506 g/mol. The number of thioether (sulfide) groups is 1. The lowest BCUT2D eigenvalue weighted by molar-refractivity contribution is -0.130. The van der Waals surface area contributed by atoms with Crippen molar-refractivity contribution in [2.45, 2.75) is 25.3 Å². The topological polar surface area (TPSA) is 70.8 Å². The van der Waals surface area contributed by atoms with E-state index in [0.717, 1.165) is 39.8 Å². The molecule has 0 N–H and O–H groups in total. The Morgan fingerprint density at radius 2 is 1.77 bits per heavy atom. The van der Waals surface area contributed by atoms with Crippen LogP contribution in [0.2, 0.25) is 0 Å². The summed E-state index contributed by atoms with van der Waals surface area (Å²) >= 11 is 3.01. The van der Waals surface area contributed by atoms with Crippen molar-refractivity contribution in [3.05, 3.63) is 81.8 Å². The van der Waals surface area contributed by atoms with Gasteiger partial charge in [0.1, 0.15) is 5.01 Å². The van der Waals surface area contributed by atoms with Crippen molar-refractivity contribution in [2.75, 3.05) is 31.9 Å². The summed E-state index contributed by atoms with van der Waals surface area (Å²) in [6.45, 7) is 7.58. The summed E-state index contributed by atoms with van der Waals surface area (Å²) in [7, 11) is 0. The molecule has 2 aromatic carbocycles. The van der Waals surface area contributed by atoms with Crippen LogP contribution in [0.1, 0.15) is 16.8 Å². The van der Waals surface area contributed by atoms with E-state index in [1.54, 1.807) is 17.8 Å². The zero-order valence-electron chi connectivity index (χ0n) is 19.8. The second-order valence-electron chi connectivity index (χ2n) is 8.82. The molecule has 1 saturated heterocycles. The fraction of sp³-hybridized carbons (Fsp3) is 0.308. The summed E-state index contributed by atoms with van der Waals surface area (Å²) in [6.07, 6.45) is 0. The van der Waals surface area contributed by atoms with Crippen LogP contribution in [0.25, 0.3) is 15.5 Å². The Morgan fingerprint density at radius 3 is 2.51 bits per heavy atom. The molecule has 4 aromatic rings. The monoisotopic (exact) mass is 505 g/mol. The Balaban J connectivity index is 1.19. The maximum atomic E-state index is 12.7. The first kappa shape index (κ1) is 23.7. The van der Waals surface area contributed by atoms with Crippen LogP contribution in [0.5, 0.6) is 0 Å². The fourth-order valence-corrected chi connectivity index (χ4v) is 5.81. The molecule has 1 fully saturated rings. The van der Waals surface area contributed by atoms with Crippen molar-refractivity contribution in [1.82, 2.24) is 24.4 Å². The van der Waals surface area contributed by atoms with Gasteiger partial charge in [-0.25, -0.2) is 4.98 Å². The Bertz CT molecular complexity index is 1410.